The predicted octanol–water partition coefficient (Wildman–Crippen LogP) is 6.21. The van der Waals surface area contributed by atoms with E-state index in [1.165, 1.54) is 15.6 Å². The molecule has 4 aromatic rings. The molecule has 0 N–H and O–H groups in total. The van der Waals surface area contributed by atoms with Gasteiger partial charge in [-0.2, -0.15) is 9.40 Å². The van der Waals surface area contributed by atoms with E-state index in [0.29, 0.717) is 36.4 Å². The SMILES string of the molecule is CC1=Nc2ccnn2C(c2ccc(Cl)c(Cl)c2)C1C(=O)N1CCN(S(=O)(=O)c2sc3ccc(Cl)cc3c2C)CC1. The van der Waals surface area contributed by atoms with Gasteiger partial charge in [-0.05, 0) is 60.7 Å². The van der Waals surface area contributed by atoms with Gasteiger partial charge in [-0.25, -0.2) is 18.1 Å². The minimum Gasteiger partial charge on any atom is -0.339 e. The lowest BCUT2D eigenvalue weighted by Crippen LogP contribution is -2.54. The van der Waals surface area contributed by atoms with Gasteiger partial charge in [0.1, 0.15) is 10.1 Å². The monoisotopic (exact) mass is 635 g/mol. The number of benzene rings is 2. The number of carbonyl (C=O) groups is 1. The molecule has 208 valence electrons. The average Bonchev–Trinajstić information content (AvgIpc) is 3.53. The van der Waals surface area contributed by atoms with Crippen molar-refractivity contribution in [2.24, 2.45) is 10.9 Å². The van der Waals surface area contributed by atoms with Crippen LogP contribution in [-0.4, -0.2) is 65.2 Å². The van der Waals surface area contributed by atoms with Crippen molar-refractivity contribution in [2.75, 3.05) is 26.2 Å². The van der Waals surface area contributed by atoms with E-state index in [1.54, 1.807) is 53.0 Å². The van der Waals surface area contributed by atoms with Gasteiger partial charge in [0, 0.05) is 47.7 Å². The summed E-state index contributed by atoms with van der Waals surface area (Å²) in [5, 5.41) is 6.66. The second-order valence-electron chi connectivity index (χ2n) is 9.87. The van der Waals surface area contributed by atoms with E-state index in [9.17, 15) is 13.2 Å². The number of aliphatic imine (C=N–C) groups is 1. The van der Waals surface area contributed by atoms with Crippen LogP contribution >= 0.6 is 46.1 Å². The summed E-state index contributed by atoms with van der Waals surface area (Å²) < 4.78 is 31.7. The number of fused-ring (bicyclic) bond motifs is 2. The Bertz CT molecular complexity index is 1790. The number of hydrogen-bond donors (Lipinski definition) is 0. The molecule has 2 aliphatic rings. The molecule has 1 saturated heterocycles. The number of aryl methyl sites for hydroxylation is 1. The zero-order valence-corrected chi connectivity index (χ0v) is 25.4. The Morgan fingerprint density at radius 2 is 1.73 bits per heavy atom. The molecule has 8 nitrogen and oxygen atoms in total. The van der Waals surface area contributed by atoms with Crippen LogP contribution in [0.2, 0.25) is 15.1 Å². The highest BCUT2D eigenvalue weighted by atomic mass is 35.5. The molecule has 6 rings (SSSR count). The molecule has 0 radical (unpaired) electrons. The van der Waals surface area contributed by atoms with Crippen LogP contribution < -0.4 is 0 Å². The largest absolute Gasteiger partial charge is 0.339 e. The van der Waals surface area contributed by atoms with Gasteiger partial charge in [-0.15, -0.1) is 11.3 Å². The number of hydrogen-bond acceptors (Lipinski definition) is 6. The predicted molar refractivity (Wildman–Crippen MR) is 160 cm³/mol. The Labute approximate surface area is 250 Å². The molecular weight excluding hydrogens is 613 g/mol. The lowest BCUT2D eigenvalue weighted by molar-refractivity contribution is -0.135. The fourth-order valence-electron chi connectivity index (χ4n) is 5.45. The molecule has 2 aromatic carbocycles. The number of carbonyl (C=O) groups excluding carboxylic acids is 1. The van der Waals surface area contributed by atoms with E-state index in [4.69, 9.17) is 34.8 Å². The fraction of sp³-hybridized carbons (Fsp3) is 0.296. The number of rotatable bonds is 4. The standard InChI is InChI=1S/C27H24Cl3N5O3S2/c1-15-19-14-18(28)4-6-22(19)39-27(15)40(37,38)34-11-9-33(10-12-34)26(36)24-16(2)32-23-7-8-31-35(23)25(24)17-3-5-20(29)21(30)13-17/h3-8,13-14,24-25H,9-12H2,1-2H3. The molecular formula is C27H24Cl3N5O3S2. The smallest absolute Gasteiger partial charge is 0.252 e. The topological polar surface area (TPSA) is 87.9 Å². The van der Waals surface area contributed by atoms with Crippen molar-refractivity contribution in [2.45, 2.75) is 24.1 Å². The third-order valence-electron chi connectivity index (χ3n) is 7.50. The highest BCUT2D eigenvalue weighted by molar-refractivity contribution is 7.91. The summed E-state index contributed by atoms with van der Waals surface area (Å²) in [5.74, 6) is -0.126. The zero-order chi connectivity index (χ0) is 28.3. The minimum atomic E-state index is -3.74. The number of nitrogens with zero attached hydrogens (tertiary/aromatic N) is 5. The zero-order valence-electron chi connectivity index (χ0n) is 21.5. The van der Waals surface area contributed by atoms with Crippen molar-refractivity contribution in [3.05, 3.63) is 74.9 Å². The normalized spacial score (nSPS) is 20.0. The summed E-state index contributed by atoms with van der Waals surface area (Å²) in [4.78, 5) is 20.4. The summed E-state index contributed by atoms with van der Waals surface area (Å²) >= 11 is 19.9. The molecule has 1 fully saturated rings. The first-order valence-electron chi connectivity index (χ1n) is 12.6. The number of amides is 1. The van der Waals surface area contributed by atoms with Gasteiger partial charge >= 0.3 is 0 Å². The van der Waals surface area contributed by atoms with E-state index < -0.39 is 22.0 Å². The Balaban J connectivity index is 1.25. The van der Waals surface area contributed by atoms with Crippen LogP contribution in [0, 0.1) is 12.8 Å². The lowest BCUT2D eigenvalue weighted by Gasteiger charge is -2.38. The average molecular weight is 637 g/mol. The van der Waals surface area contributed by atoms with Crippen LogP contribution in [0.1, 0.15) is 24.1 Å². The highest BCUT2D eigenvalue weighted by Gasteiger charge is 2.42. The van der Waals surface area contributed by atoms with Crippen LogP contribution in [0.15, 0.2) is 57.9 Å². The maximum atomic E-state index is 14.0. The van der Waals surface area contributed by atoms with Gasteiger partial charge < -0.3 is 4.90 Å². The molecule has 13 heteroatoms. The number of thiophene rings is 1. The van der Waals surface area contributed by atoms with E-state index >= 15 is 0 Å². The molecule has 0 bridgehead atoms. The van der Waals surface area contributed by atoms with Gasteiger partial charge in [0.25, 0.3) is 10.0 Å². The minimum absolute atomic E-state index is 0.136. The number of sulfonamides is 1. The first-order chi connectivity index (χ1) is 19.1. The molecule has 2 atom stereocenters. The van der Waals surface area contributed by atoms with Crippen molar-refractivity contribution < 1.29 is 13.2 Å². The molecule has 2 aliphatic heterocycles. The van der Waals surface area contributed by atoms with Crippen LogP contribution in [0.4, 0.5) is 5.82 Å². The fourth-order valence-corrected chi connectivity index (χ4v) is 9.24. The molecule has 0 spiro atoms. The van der Waals surface area contributed by atoms with Crippen LogP contribution in [-0.2, 0) is 14.8 Å². The molecule has 4 heterocycles. The Kier molecular flexibility index (Phi) is 7.21. The van der Waals surface area contributed by atoms with E-state index in [0.717, 1.165) is 15.6 Å². The quantitative estimate of drug-likeness (QED) is 0.267. The van der Waals surface area contributed by atoms with E-state index in [-0.39, 0.29) is 32.1 Å². The Hall–Kier alpha value is -2.47. The second kappa shape index (κ2) is 10.4. The molecule has 0 aliphatic carbocycles. The van der Waals surface area contributed by atoms with Gasteiger partial charge in [0.15, 0.2) is 5.82 Å². The molecule has 2 aromatic heterocycles. The Morgan fingerprint density at radius 3 is 2.45 bits per heavy atom. The third kappa shape index (κ3) is 4.64. The summed E-state index contributed by atoms with van der Waals surface area (Å²) in [7, 11) is -3.74. The lowest BCUT2D eigenvalue weighted by atomic mass is 9.87. The maximum Gasteiger partial charge on any atom is 0.252 e. The number of aromatic nitrogens is 2. The van der Waals surface area contributed by atoms with Gasteiger partial charge in [-0.1, -0.05) is 40.9 Å². The van der Waals surface area contributed by atoms with E-state index in [1.807, 2.05) is 19.1 Å². The summed E-state index contributed by atoms with van der Waals surface area (Å²) in [6.07, 6.45) is 1.65. The highest BCUT2D eigenvalue weighted by Crippen LogP contribution is 2.40. The van der Waals surface area contributed by atoms with Crippen molar-refractivity contribution in [1.82, 2.24) is 19.0 Å². The number of piperazine rings is 1. The summed E-state index contributed by atoms with van der Waals surface area (Å²) in [6.45, 7) is 4.54. The second-order valence-corrected chi connectivity index (χ2v) is 14.3. The first-order valence-corrected chi connectivity index (χ1v) is 16.0. The van der Waals surface area contributed by atoms with Gasteiger partial charge in [-0.3, -0.25) is 4.79 Å². The van der Waals surface area contributed by atoms with Crippen molar-refractivity contribution >= 4 is 83.7 Å². The van der Waals surface area contributed by atoms with Crippen LogP contribution in [0.25, 0.3) is 10.1 Å². The summed E-state index contributed by atoms with van der Waals surface area (Å²) in [6, 6.07) is 12.0. The summed E-state index contributed by atoms with van der Waals surface area (Å²) in [5.41, 5.74) is 2.13. The van der Waals surface area contributed by atoms with Crippen LogP contribution in [0.3, 0.4) is 0 Å². The van der Waals surface area contributed by atoms with Crippen LogP contribution in [0.5, 0.6) is 0 Å². The van der Waals surface area contributed by atoms with Gasteiger partial charge in [0.2, 0.25) is 5.91 Å². The molecule has 2 unspecified atom stereocenters. The van der Waals surface area contributed by atoms with E-state index in [2.05, 4.69) is 10.1 Å². The van der Waals surface area contributed by atoms with Crippen molar-refractivity contribution in [3.63, 3.8) is 0 Å². The third-order valence-corrected chi connectivity index (χ3v) is 12.2. The van der Waals surface area contributed by atoms with Gasteiger partial charge in [0.05, 0.1) is 22.3 Å². The van der Waals surface area contributed by atoms with Crippen molar-refractivity contribution in [3.8, 4) is 0 Å². The molecule has 1 amide bonds. The Morgan fingerprint density at radius 1 is 0.975 bits per heavy atom. The number of halogens is 3. The molecule has 40 heavy (non-hydrogen) atoms. The maximum absolute atomic E-state index is 14.0. The molecule has 0 saturated carbocycles. The first kappa shape index (κ1) is 27.7. The van der Waals surface area contributed by atoms with Crippen molar-refractivity contribution in [1.29, 1.82) is 0 Å².